The van der Waals surface area contributed by atoms with Gasteiger partial charge in [0.05, 0.1) is 29.0 Å². The zero-order valence-corrected chi connectivity index (χ0v) is 22.1. The van der Waals surface area contributed by atoms with Crippen molar-refractivity contribution in [3.05, 3.63) is 58.7 Å². The first-order valence-corrected chi connectivity index (χ1v) is 14.1. The van der Waals surface area contributed by atoms with Gasteiger partial charge in [-0.2, -0.15) is 4.31 Å². The van der Waals surface area contributed by atoms with Crippen molar-refractivity contribution in [2.45, 2.75) is 68.9 Å². The van der Waals surface area contributed by atoms with Crippen molar-refractivity contribution in [3.63, 3.8) is 0 Å². The topological polar surface area (TPSA) is 120 Å². The molecule has 0 saturated heterocycles. The van der Waals surface area contributed by atoms with Crippen molar-refractivity contribution >= 4 is 27.3 Å². The summed E-state index contributed by atoms with van der Waals surface area (Å²) in [6, 6.07) is 8.74. The minimum Gasteiger partial charge on any atom is -0.392 e. The maximum Gasteiger partial charge on any atom is 0.254 e. The fraction of sp³-hybridized carbons (Fsp3) is 0.520. The van der Waals surface area contributed by atoms with Gasteiger partial charge in [-0.05, 0) is 51.5 Å². The van der Waals surface area contributed by atoms with Crippen LogP contribution in [0.25, 0.3) is 0 Å². The Morgan fingerprint density at radius 1 is 1.23 bits per heavy atom. The van der Waals surface area contributed by atoms with Crippen molar-refractivity contribution in [3.8, 4) is 0 Å². The summed E-state index contributed by atoms with van der Waals surface area (Å²) < 4.78 is 28.1. The molecule has 4 atom stereocenters. The zero-order valence-electron chi connectivity index (χ0n) is 20.4. The molecule has 0 fully saturated rings. The van der Waals surface area contributed by atoms with Gasteiger partial charge >= 0.3 is 0 Å². The first-order valence-electron chi connectivity index (χ1n) is 11.9. The number of nitrogens with zero attached hydrogens (tertiary/aromatic N) is 2. The van der Waals surface area contributed by atoms with Crippen LogP contribution in [0.2, 0.25) is 0 Å². The lowest BCUT2D eigenvalue weighted by Crippen LogP contribution is -2.51. The molecule has 0 bridgehead atoms. The number of hydrogen-bond donors (Lipinski definition) is 3. The van der Waals surface area contributed by atoms with E-state index in [1.165, 1.54) is 6.92 Å². The van der Waals surface area contributed by atoms with Gasteiger partial charge in [0.15, 0.2) is 4.21 Å². The highest BCUT2D eigenvalue weighted by atomic mass is 32.2. The fourth-order valence-corrected chi connectivity index (χ4v) is 7.45. The second-order valence-corrected chi connectivity index (χ2v) is 12.5. The van der Waals surface area contributed by atoms with E-state index in [0.717, 1.165) is 34.0 Å². The molecule has 1 aliphatic carbocycles. The Kier molecular flexibility index (Phi) is 9.60. The number of aromatic nitrogens is 1. The van der Waals surface area contributed by atoms with Crippen LogP contribution in [0.3, 0.4) is 0 Å². The molecule has 0 radical (unpaired) electrons. The number of nitrogens with one attached hydrogen (secondary N) is 1. The van der Waals surface area contributed by atoms with E-state index in [1.54, 1.807) is 13.8 Å². The Labute approximate surface area is 211 Å². The van der Waals surface area contributed by atoms with Gasteiger partial charge in [0.25, 0.3) is 10.0 Å². The second-order valence-electron chi connectivity index (χ2n) is 9.18. The standard InChI is InChI=1S/C25H35N3O5S2/c1-17(29)15-28(35(32,33)25-18(2)26-19(3)34-25)16-23(30)22(13-20-9-5-4-6-10-20)27-24(31)14-21-11-7-8-12-21/h4-7,9-11,17,21-23,29-30H,8,12-16H2,1-3H3,(H,27,31)/t17-,21+,22+,23-/m1/s1. The second kappa shape index (κ2) is 12.2. The molecule has 10 heteroatoms. The number of amides is 1. The van der Waals surface area contributed by atoms with Crippen LogP contribution in [0.4, 0.5) is 0 Å². The summed E-state index contributed by atoms with van der Waals surface area (Å²) in [7, 11) is -4.01. The monoisotopic (exact) mass is 521 g/mol. The summed E-state index contributed by atoms with van der Waals surface area (Å²) in [5.74, 6) is -0.00503. The van der Waals surface area contributed by atoms with Crippen LogP contribution in [0.5, 0.6) is 0 Å². The van der Waals surface area contributed by atoms with Crippen LogP contribution in [-0.2, 0) is 21.2 Å². The lowest BCUT2D eigenvalue weighted by molar-refractivity contribution is -0.123. The third-order valence-corrected chi connectivity index (χ3v) is 9.45. The van der Waals surface area contributed by atoms with E-state index >= 15 is 0 Å². The Morgan fingerprint density at radius 3 is 2.51 bits per heavy atom. The molecule has 1 amide bonds. The molecule has 8 nitrogen and oxygen atoms in total. The molecule has 1 aromatic heterocycles. The molecule has 1 aliphatic rings. The van der Waals surface area contributed by atoms with Gasteiger partial charge in [0.2, 0.25) is 5.91 Å². The van der Waals surface area contributed by atoms with E-state index in [1.807, 2.05) is 36.4 Å². The number of sulfonamides is 1. The average molecular weight is 522 g/mol. The summed E-state index contributed by atoms with van der Waals surface area (Å²) >= 11 is 1.06. The predicted octanol–water partition coefficient (Wildman–Crippen LogP) is 2.58. The fourth-order valence-electron chi connectivity index (χ4n) is 4.29. The molecular formula is C25H35N3O5S2. The minimum atomic E-state index is -4.01. The summed E-state index contributed by atoms with van der Waals surface area (Å²) in [5.41, 5.74) is 1.30. The summed E-state index contributed by atoms with van der Waals surface area (Å²) in [6.07, 6.45) is 4.52. The number of hydrogen-bond acceptors (Lipinski definition) is 7. The number of carbonyl (C=O) groups excluding carboxylic acids is 1. The van der Waals surface area contributed by atoms with Crippen molar-refractivity contribution in [1.29, 1.82) is 0 Å². The van der Waals surface area contributed by atoms with Crippen LogP contribution in [0.15, 0.2) is 46.7 Å². The normalized spacial score (nSPS) is 18.5. The number of aliphatic hydroxyl groups is 2. The highest BCUT2D eigenvalue weighted by Crippen LogP contribution is 2.27. The number of aryl methyl sites for hydroxylation is 2. The SMILES string of the molecule is Cc1nc(C)c(S(=O)(=O)N(C[C@@H](O)[C@H](Cc2ccccc2)NC(=O)C[C@H]2C=CCC2)C[C@@H](C)O)s1. The molecule has 1 aromatic carbocycles. The van der Waals surface area contributed by atoms with E-state index in [-0.39, 0.29) is 29.1 Å². The molecule has 0 spiro atoms. The molecule has 192 valence electrons. The summed E-state index contributed by atoms with van der Waals surface area (Å²) in [4.78, 5) is 17.0. The van der Waals surface area contributed by atoms with Gasteiger partial charge in [0.1, 0.15) is 0 Å². The zero-order chi connectivity index (χ0) is 25.6. The van der Waals surface area contributed by atoms with Gasteiger partial charge in [-0.15, -0.1) is 11.3 Å². The van der Waals surface area contributed by atoms with E-state index < -0.39 is 28.3 Å². The highest BCUT2D eigenvalue weighted by molar-refractivity contribution is 7.91. The lowest BCUT2D eigenvalue weighted by atomic mass is 9.99. The van der Waals surface area contributed by atoms with Crippen LogP contribution in [0, 0.1) is 19.8 Å². The van der Waals surface area contributed by atoms with Crippen molar-refractivity contribution in [2.75, 3.05) is 13.1 Å². The molecule has 0 saturated carbocycles. The van der Waals surface area contributed by atoms with Crippen molar-refractivity contribution in [1.82, 2.24) is 14.6 Å². The Bertz CT molecular complexity index is 1120. The minimum absolute atomic E-state index is 0.0968. The molecule has 1 heterocycles. The summed E-state index contributed by atoms with van der Waals surface area (Å²) in [6.45, 7) is 4.40. The molecule has 3 N–H and O–H groups in total. The number of aliphatic hydroxyl groups excluding tert-OH is 2. The lowest BCUT2D eigenvalue weighted by Gasteiger charge is -2.30. The van der Waals surface area contributed by atoms with Gasteiger partial charge in [-0.25, -0.2) is 13.4 Å². The van der Waals surface area contributed by atoms with Crippen LogP contribution in [-0.4, -0.2) is 65.2 Å². The number of benzene rings is 1. The van der Waals surface area contributed by atoms with Gasteiger partial charge in [-0.3, -0.25) is 4.79 Å². The van der Waals surface area contributed by atoms with E-state index in [2.05, 4.69) is 16.4 Å². The smallest absolute Gasteiger partial charge is 0.254 e. The highest BCUT2D eigenvalue weighted by Gasteiger charge is 2.34. The molecular weight excluding hydrogens is 486 g/mol. The van der Waals surface area contributed by atoms with E-state index in [4.69, 9.17) is 0 Å². The van der Waals surface area contributed by atoms with Gasteiger partial charge < -0.3 is 15.5 Å². The van der Waals surface area contributed by atoms with E-state index in [9.17, 15) is 23.4 Å². The third kappa shape index (κ3) is 7.68. The Balaban J connectivity index is 1.82. The molecule has 0 unspecified atom stereocenters. The van der Waals surface area contributed by atoms with Crippen molar-refractivity contribution < 1.29 is 23.4 Å². The quantitative estimate of drug-likeness (QED) is 0.369. The Morgan fingerprint density at radius 2 is 1.94 bits per heavy atom. The van der Waals surface area contributed by atoms with Crippen LogP contribution in [0.1, 0.15) is 42.5 Å². The molecule has 0 aliphatic heterocycles. The largest absolute Gasteiger partial charge is 0.392 e. The number of allylic oxidation sites excluding steroid dienone is 2. The van der Waals surface area contributed by atoms with Crippen LogP contribution >= 0.6 is 11.3 Å². The van der Waals surface area contributed by atoms with Crippen LogP contribution < -0.4 is 5.32 Å². The third-order valence-electron chi connectivity index (χ3n) is 5.96. The maximum atomic E-state index is 13.4. The predicted molar refractivity (Wildman–Crippen MR) is 137 cm³/mol. The summed E-state index contributed by atoms with van der Waals surface area (Å²) in [5, 5.41) is 24.8. The Hall–Kier alpha value is -2.11. The van der Waals surface area contributed by atoms with Crippen molar-refractivity contribution in [2.24, 2.45) is 5.92 Å². The maximum absolute atomic E-state index is 13.4. The molecule has 35 heavy (non-hydrogen) atoms. The molecule has 2 aromatic rings. The number of rotatable bonds is 12. The van der Waals surface area contributed by atoms with Gasteiger partial charge in [0, 0.05) is 19.5 Å². The first kappa shape index (κ1) is 27.5. The van der Waals surface area contributed by atoms with E-state index in [0.29, 0.717) is 23.5 Å². The molecule has 3 rings (SSSR count). The number of carbonyl (C=O) groups is 1. The van der Waals surface area contributed by atoms with Gasteiger partial charge in [-0.1, -0.05) is 42.5 Å². The number of thiazole rings is 1. The first-order chi connectivity index (χ1) is 16.6. The average Bonchev–Trinajstić information content (AvgIpc) is 3.42.